The van der Waals surface area contributed by atoms with Crippen molar-refractivity contribution in [3.8, 4) is 5.75 Å². The molecule has 0 N–H and O–H groups in total. The number of benzene rings is 3. The van der Waals surface area contributed by atoms with E-state index in [1.807, 2.05) is 0 Å². The maximum absolute atomic E-state index is 8.89. The molecule has 3 rings (SSSR count). The predicted molar refractivity (Wildman–Crippen MR) is 113 cm³/mol. The molecule has 4 heteroatoms. The molecule has 0 aliphatic rings. The summed E-state index contributed by atoms with van der Waals surface area (Å²) in [4.78, 5) is 12.9. The van der Waals surface area contributed by atoms with Crippen LogP contribution >= 0.6 is 0 Å². The molecule has 0 radical (unpaired) electrons. The normalized spacial score (nSPS) is 10.1. The van der Waals surface area contributed by atoms with Crippen LogP contribution in [0, 0.1) is 0 Å². The van der Waals surface area contributed by atoms with E-state index in [0.717, 1.165) is 32.1 Å². The van der Waals surface area contributed by atoms with Crippen molar-refractivity contribution in [2.75, 3.05) is 6.61 Å². The van der Waals surface area contributed by atoms with E-state index < -0.39 is 5.97 Å². The molecule has 3 nitrogen and oxygen atoms in total. The number of carboxylic acid groups (broad SMARTS) is 1. The first-order valence-corrected chi connectivity index (χ1v) is 10.6. The highest BCUT2D eigenvalue weighted by molar-refractivity contribution is 7.97. The maximum atomic E-state index is 8.89. The molecule has 0 bridgehead atoms. The van der Waals surface area contributed by atoms with Crippen LogP contribution in [0.25, 0.3) is 0 Å². The molecule has 0 heterocycles. The van der Waals surface area contributed by atoms with Crippen molar-refractivity contribution >= 4 is 16.9 Å². The van der Waals surface area contributed by atoms with Crippen LogP contribution in [0.4, 0.5) is 0 Å². The summed E-state index contributed by atoms with van der Waals surface area (Å²) in [5, 5.41) is 8.89. The lowest BCUT2D eigenvalue weighted by atomic mass is 10.3. The summed E-state index contributed by atoms with van der Waals surface area (Å²) in [6.07, 6.45) is 2.25. The Kier molecular flexibility index (Phi) is 9.16. The maximum Gasteiger partial charge on any atom is 0.166 e. The Labute approximate surface area is 170 Å². The average molecular weight is 395 g/mol. The summed E-state index contributed by atoms with van der Waals surface area (Å²) in [5.74, 6) is -0.128. The van der Waals surface area contributed by atoms with E-state index in [4.69, 9.17) is 14.6 Å². The molecule has 0 saturated carbocycles. The lowest BCUT2D eigenvalue weighted by Gasteiger charge is -2.09. The fourth-order valence-electron chi connectivity index (χ4n) is 2.53. The third-order valence-electron chi connectivity index (χ3n) is 3.78. The monoisotopic (exact) mass is 394 g/mol. The van der Waals surface area contributed by atoms with Crippen molar-refractivity contribution < 1.29 is 14.6 Å². The first-order valence-electron chi connectivity index (χ1n) is 9.36. The molecular formula is C24H26O3S. The van der Waals surface area contributed by atoms with Crippen molar-refractivity contribution in [1.29, 1.82) is 0 Å². The summed E-state index contributed by atoms with van der Waals surface area (Å²) >= 11 is 0. The van der Waals surface area contributed by atoms with Gasteiger partial charge in [0.25, 0.3) is 0 Å². The van der Waals surface area contributed by atoms with E-state index >= 15 is 0 Å². The fraction of sp³-hybridized carbons (Fsp3) is 0.208. The van der Waals surface area contributed by atoms with Crippen molar-refractivity contribution in [1.82, 2.24) is 0 Å². The second-order valence-corrected chi connectivity index (χ2v) is 8.12. The van der Waals surface area contributed by atoms with Crippen LogP contribution in [0.1, 0.15) is 26.7 Å². The predicted octanol–water partition coefficient (Wildman–Crippen LogP) is 4.72. The average Bonchev–Trinajstić information content (AvgIpc) is 2.71. The molecule has 0 unspecified atom stereocenters. The van der Waals surface area contributed by atoms with Gasteiger partial charge in [0.2, 0.25) is 0 Å². The third kappa shape index (κ3) is 7.12. The first-order chi connectivity index (χ1) is 13.6. The number of ether oxygens (including phenoxy) is 1. The summed E-state index contributed by atoms with van der Waals surface area (Å²) in [7, 11) is -0.0858. The summed E-state index contributed by atoms with van der Waals surface area (Å²) in [6.45, 7) is 3.94. The van der Waals surface area contributed by atoms with Gasteiger partial charge in [-0.2, -0.15) is 0 Å². The minimum absolute atomic E-state index is 0.0858. The van der Waals surface area contributed by atoms with E-state index in [1.54, 1.807) is 0 Å². The van der Waals surface area contributed by atoms with Gasteiger partial charge in [-0.3, -0.25) is 0 Å². The van der Waals surface area contributed by atoms with E-state index in [9.17, 15) is 0 Å². The highest BCUT2D eigenvalue weighted by atomic mass is 32.2. The van der Waals surface area contributed by atoms with Crippen LogP contribution < -0.4 is 9.84 Å². The second-order valence-electron chi connectivity index (χ2n) is 6.10. The van der Waals surface area contributed by atoms with Gasteiger partial charge in [0.15, 0.2) is 14.7 Å². The molecule has 3 aromatic rings. The van der Waals surface area contributed by atoms with Crippen LogP contribution in [0.15, 0.2) is 99.6 Å². The molecule has 0 spiro atoms. The minimum atomic E-state index is -1.08. The molecule has 0 atom stereocenters. The highest BCUT2D eigenvalue weighted by Gasteiger charge is 2.28. The summed E-state index contributed by atoms with van der Waals surface area (Å²) < 4.78 is 5.80. The van der Waals surface area contributed by atoms with Gasteiger partial charge in [-0.25, -0.2) is 0 Å². The molecule has 0 aromatic heterocycles. The number of carbonyl (C=O) groups excluding carboxylic acids is 1. The first kappa shape index (κ1) is 21.6. The van der Waals surface area contributed by atoms with E-state index in [1.165, 1.54) is 14.7 Å². The number of rotatable bonds is 7. The van der Waals surface area contributed by atoms with Crippen LogP contribution in [0.2, 0.25) is 0 Å². The van der Waals surface area contributed by atoms with Crippen molar-refractivity contribution in [2.45, 2.75) is 41.4 Å². The van der Waals surface area contributed by atoms with Crippen molar-refractivity contribution in [3.05, 3.63) is 84.9 Å². The topological polar surface area (TPSA) is 49.4 Å². The van der Waals surface area contributed by atoms with Crippen LogP contribution in [-0.4, -0.2) is 12.6 Å². The smallest absolute Gasteiger partial charge is 0.166 e. The fourth-order valence-corrected chi connectivity index (χ4v) is 4.61. The lowest BCUT2D eigenvalue weighted by Crippen LogP contribution is -2.16. The van der Waals surface area contributed by atoms with E-state index in [0.29, 0.717) is 0 Å². The Morgan fingerprint density at radius 1 is 0.821 bits per heavy atom. The van der Waals surface area contributed by atoms with Crippen LogP contribution in [0.3, 0.4) is 0 Å². The van der Waals surface area contributed by atoms with E-state index in [-0.39, 0.29) is 10.9 Å². The van der Waals surface area contributed by atoms with Gasteiger partial charge in [0.1, 0.15) is 5.75 Å². The van der Waals surface area contributed by atoms with E-state index in [2.05, 4.69) is 91.9 Å². The van der Waals surface area contributed by atoms with Gasteiger partial charge >= 0.3 is 0 Å². The molecule has 0 saturated heterocycles. The van der Waals surface area contributed by atoms with Gasteiger partial charge in [-0.15, -0.1) is 0 Å². The SMILES string of the molecule is CC(=O)[O-].CCCCOc1ccc([S+](c2ccccc2)c2ccccc2)cc1. The van der Waals surface area contributed by atoms with Crippen molar-refractivity contribution in [2.24, 2.45) is 0 Å². The molecule has 146 valence electrons. The van der Waals surface area contributed by atoms with Gasteiger partial charge in [0, 0.05) is 5.97 Å². The van der Waals surface area contributed by atoms with Gasteiger partial charge in [-0.05, 0) is 61.9 Å². The van der Waals surface area contributed by atoms with Crippen LogP contribution in [0.5, 0.6) is 5.75 Å². The zero-order chi connectivity index (χ0) is 20.2. The zero-order valence-corrected chi connectivity index (χ0v) is 17.2. The Morgan fingerprint density at radius 3 is 1.68 bits per heavy atom. The molecule has 0 fully saturated rings. The molecule has 0 aliphatic carbocycles. The third-order valence-corrected chi connectivity index (χ3v) is 6.01. The summed E-state index contributed by atoms with van der Waals surface area (Å²) in [6, 6.07) is 30.0. The standard InChI is InChI=1S/C22H23OS.C2H4O2/c1-2-3-18-23-19-14-16-22(17-15-19)24(20-10-6-4-7-11-20)21-12-8-5-9-13-21;1-2(3)4/h4-17H,2-3,18H2,1H3;1H3,(H,3,4)/q+1;/p-1. The molecule has 3 aromatic carbocycles. The molecule has 28 heavy (non-hydrogen) atoms. The lowest BCUT2D eigenvalue weighted by molar-refractivity contribution is -0.302. The second kappa shape index (κ2) is 11.9. The largest absolute Gasteiger partial charge is 0.550 e. The van der Waals surface area contributed by atoms with Crippen molar-refractivity contribution in [3.63, 3.8) is 0 Å². The molecular weight excluding hydrogens is 368 g/mol. The number of carbonyl (C=O) groups is 1. The Morgan fingerprint density at radius 2 is 1.25 bits per heavy atom. The van der Waals surface area contributed by atoms with Gasteiger partial charge in [0.05, 0.1) is 17.5 Å². The number of aliphatic carboxylic acids is 1. The Hall–Kier alpha value is -2.72. The van der Waals surface area contributed by atoms with Gasteiger partial charge in [-0.1, -0.05) is 49.7 Å². The number of hydrogen-bond donors (Lipinski definition) is 0. The minimum Gasteiger partial charge on any atom is -0.550 e. The highest BCUT2D eigenvalue weighted by Crippen LogP contribution is 2.31. The molecule has 0 amide bonds. The summed E-state index contributed by atoms with van der Waals surface area (Å²) in [5.41, 5.74) is 0. The Balaban J connectivity index is 0.000000640. The number of carboxylic acids is 1. The quantitative estimate of drug-likeness (QED) is 0.430. The Bertz CT molecular complexity index is 774. The van der Waals surface area contributed by atoms with Gasteiger partial charge < -0.3 is 14.6 Å². The van der Waals surface area contributed by atoms with Crippen LogP contribution in [-0.2, 0) is 15.7 Å². The number of hydrogen-bond acceptors (Lipinski definition) is 3. The number of unbranched alkanes of at least 4 members (excludes halogenated alkanes) is 1. The molecule has 0 aliphatic heterocycles. The zero-order valence-electron chi connectivity index (χ0n) is 16.3.